The van der Waals surface area contributed by atoms with Gasteiger partial charge in [-0.2, -0.15) is 0 Å². The number of ether oxygens (including phenoxy) is 1. The normalized spacial score (nSPS) is 26.6. The molecule has 2 fully saturated rings. The van der Waals surface area contributed by atoms with Crippen LogP contribution in [-0.2, 0) is 9.53 Å². The maximum atomic E-state index is 11.8. The van der Waals surface area contributed by atoms with Crippen molar-refractivity contribution in [3.05, 3.63) is 0 Å². The molecule has 1 atom stereocenters. The fourth-order valence-electron chi connectivity index (χ4n) is 2.60. The minimum atomic E-state index is -0.174. The number of nitrogens with two attached hydrogens (primary N) is 1. The van der Waals surface area contributed by atoms with Gasteiger partial charge in [-0.15, -0.1) is 0 Å². The van der Waals surface area contributed by atoms with Gasteiger partial charge in [-0.25, -0.2) is 0 Å². The molecule has 0 bridgehead atoms. The van der Waals surface area contributed by atoms with Crippen molar-refractivity contribution in [2.24, 2.45) is 11.1 Å². The first kappa shape index (κ1) is 13.7. The van der Waals surface area contributed by atoms with E-state index in [2.05, 4.69) is 10.2 Å². The van der Waals surface area contributed by atoms with E-state index in [1.54, 1.807) is 7.05 Å². The molecule has 6 heteroatoms. The van der Waals surface area contributed by atoms with E-state index in [1.165, 1.54) is 0 Å². The first-order valence-corrected chi connectivity index (χ1v) is 6.79. The van der Waals surface area contributed by atoms with Crippen LogP contribution in [0, 0.1) is 5.41 Å². The van der Waals surface area contributed by atoms with Gasteiger partial charge < -0.3 is 15.8 Å². The minimum Gasteiger partial charge on any atom is -0.393 e. The Balaban J connectivity index is 1.97. The molecule has 1 heterocycles. The van der Waals surface area contributed by atoms with Crippen LogP contribution in [0.3, 0.4) is 0 Å². The standard InChI is InChI=1S/C12H21N3O2S/c1-14-11(16)9-7-17-5-4-15(9)8-12(2-3-12)6-10(13)18/h9H,2-8H2,1H3,(H2,13,18)(H,14,16). The summed E-state index contributed by atoms with van der Waals surface area (Å²) in [6.07, 6.45) is 3.10. The van der Waals surface area contributed by atoms with E-state index in [1.807, 2.05) is 0 Å². The quantitative estimate of drug-likeness (QED) is 0.683. The lowest BCUT2D eigenvalue weighted by Crippen LogP contribution is -2.54. The van der Waals surface area contributed by atoms with Crippen molar-refractivity contribution in [2.45, 2.75) is 25.3 Å². The number of hydrogen-bond acceptors (Lipinski definition) is 4. The zero-order valence-corrected chi connectivity index (χ0v) is 11.6. The summed E-state index contributed by atoms with van der Waals surface area (Å²) in [5.74, 6) is 0.0285. The van der Waals surface area contributed by atoms with Crippen LogP contribution in [0.4, 0.5) is 0 Å². The molecule has 0 aromatic carbocycles. The van der Waals surface area contributed by atoms with Crippen LogP contribution in [0.1, 0.15) is 19.3 Å². The van der Waals surface area contributed by atoms with Crippen molar-refractivity contribution in [3.63, 3.8) is 0 Å². The molecular weight excluding hydrogens is 250 g/mol. The van der Waals surface area contributed by atoms with E-state index in [-0.39, 0.29) is 17.4 Å². The second-order valence-corrected chi connectivity index (χ2v) is 5.84. The molecule has 2 aliphatic rings. The van der Waals surface area contributed by atoms with Gasteiger partial charge in [0.15, 0.2) is 0 Å². The Bertz CT molecular complexity index is 344. The van der Waals surface area contributed by atoms with Crippen LogP contribution in [0.15, 0.2) is 0 Å². The lowest BCUT2D eigenvalue weighted by atomic mass is 10.00. The number of carbonyl (C=O) groups excluding carboxylic acids is 1. The molecule has 18 heavy (non-hydrogen) atoms. The number of amides is 1. The summed E-state index contributed by atoms with van der Waals surface area (Å²) < 4.78 is 5.40. The first-order chi connectivity index (χ1) is 8.56. The highest BCUT2D eigenvalue weighted by Gasteiger charge is 2.46. The summed E-state index contributed by atoms with van der Waals surface area (Å²) in [7, 11) is 1.66. The number of nitrogens with one attached hydrogen (secondary N) is 1. The van der Waals surface area contributed by atoms with E-state index in [0.29, 0.717) is 18.2 Å². The molecule has 1 amide bonds. The van der Waals surface area contributed by atoms with Gasteiger partial charge in [0.2, 0.25) is 5.91 Å². The Morgan fingerprint density at radius 3 is 2.89 bits per heavy atom. The van der Waals surface area contributed by atoms with Crippen LogP contribution < -0.4 is 11.1 Å². The van der Waals surface area contributed by atoms with Gasteiger partial charge in [0, 0.05) is 26.6 Å². The zero-order valence-electron chi connectivity index (χ0n) is 10.8. The average Bonchev–Trinajstić information content (AvgIpc) is 3.07. The maximum absolute atomic E-state index is 11.8. The number of carbonyl (C=O) groups is 1. The number of morpholine rings is 1. The van der Waals surface area contributed by atoms with Gasteiger partial charge in [0.25, 0.3) is 0 Å². The molecule has 1 aliphatic carbocycles. The van der Waals surface area contributed by atoms with Gasteiger partial charge >= 0.3 is 0 Å². The number of thiocarbonyl (C=S) groups is 1. The van der Waals surface area contributed by atoms with E-state index in [0.717, 1.165) is 32.4 Å². The molecule has 1 aliphatic heterocycles. The third-order valence-corrected chi connectivity index (χ3v) is 3.98. The largest absolute Gasteiger partial charge is 0.393 e. The smallest absolute Gasteiger partial charge is 0.239 e. The highest BCUT2D eigenvalue weighted by atomic mass is 32.1. The fraction of sp³-hybridized carbons (Fsp3) is 0.833. The van der Waals surface area contributed by atoms with Crippen LogP contribution in [-0.4, -0.2) is 55.2 Å². The first-order valence-electron chi connectivity index (χ1n) is 6.38. The third-order valence-electron chi connectivity index (χ3n) is 3.83. The molecule has 0 radical (unpaired) electrons. The highest BCUT2D eigenvalue weighted by molar-refractivity contribution is 7.80. The molecule has 5 nitrogen and oxygen atoms in total. The van der Waals surface area contributed by atoms with Crippen molar-refractivity contribution in [1.29, 1.82) is 0 Å². The summed E-state index contributed by atoms with van der Waals surface area (Å²) in [5, 5.41) is 2.70. The summed E-state index contributed by atoms with van der Waals surface area (Å²) >= 11 is 5.01. The van der Waals surface area contributed by atoms with Crippen molar-refractivity contribution in [3.8, 4) is 0 Å². The molecule has 1 saturated carbocycles. The predicted molar refractivity (Wildman–Crippen MR) is 73.3 cm³/mol. The molecule has 102 valence electrons. The van der Waals surface area contributed by atoms with Gasteiger partial charge in [-0.05, 0) is 18.3 Å². The summed E-state index contributed by atoms with van der Waals surface area (Å²) in [6.45, 7) is 2.86. The molecule has 2 rings (SSSR count). The van der Waals surface area contributed by atoms with Gasteiger partial charge in [0.05, 0.1) is 18.2 Å². The lowest BCUT2D eigenvalue weighted by Gasteiger charge is -2.36. The molecule has 0 aromatic heterocycles. The Hall–Kier alpha value is -0.720. The van der Waals surface area contributed by atoms with Gasteiger partial charge in [-0.3, -0.25) is 9.69 Å². The monoisotopic (exact) mass is 271 g/mol. The van der Waals surface area contributed by atoms with Crippen LogP contribution in [0.2, 0.25) is 0 Å². The molecule has 1 unspecified atom stereocenters. The van der Waals surface area contributed by atoms with E-state index in [4.69, 9.17) is 22.7 Å². The van der Waals surface area contributed by atoms with Crippen LogP contribution in [0.25, 0.3) is 0 Å². The van der Waals surface area contributed by atoms with Crippen LogP contribution in [0.5, 0.6) is 0 Å². The molecule has 0 spiro atoms. The highest BCUT2D eigenvalue weighted by Crippen LogP contribution is 2.49. The van der Waals surface area contributed by atoms with Gasteiger partial charge in [0.1, 0.15) is 6.04 Å². The van der Waals surface area contributed by atoms with Gasteiger partial charge in [-0.1, -0.05) is 12.2 Å². The summed E-state index contributed by atoms with van der Waals surface area (Å²) in [5.41, 5.74) is 5.87. The molecular formula is C12H21N3O2S. The number of hydrogen-bond donors (Lipinski definition) is 2. The van der Waals surface area contributed by atoms with Crippen LogP contribution >= 0.6 is 12.2 Å². The average molecular weight is 271 g/mol. The van der Waals surface area contributed by atoms with E-state index in [9.17, 15) is 4.79 Å². The molecule has 3 N–H and O–H groups in total. The molecule has 1 saturated heterocycles. The number of nitrogens with zero attached hydrogens (tertiary/aromatic N) is 1. The third kappa shape index (κ3) is 3.18. The number of likely N-dealkylation sites (N-methyl/N-ethyl adjacent to an activating group) is 1. The second kappa shape index (κ2) is 5.50. The lowest BCUT2D eigenvalue weighted by molar-refractivity contribution is -0.132. The maximum Gasteiger partial charge on any atom is 0.239 e. The Morgan fingerprint density at radius 1 is 1.61 bits per heavy atom. The fourth-order valence-corrected chi connectivity index (χ4v) is 2.91. The van der Waals surface area contributed by atoms with Crippen molar-refractivity contribution in [2.75, 3.05) is 33.4 Å². The summed E-state index contributed by atoms with van der Waals surface area (Å²) in [6, 6.07) is -0.174. The Labute approximate surface area is 113 Å². The van der Waals surface area contributed by atoms with E-state index < -0.39 is 0 Å². The van der Waals surface area contributed by atoms with Crippen molar-refractivity contribution >= 4 is 23.1 Å². The Kier molecular flexibility index (Phi) is 4.19. The van der Waals surface area contributed by atoms with Crippen molar-refractivity contribution in [1.82, 2.24) is 10.2 Å². The predicted octanol–water partition coefficient (Wildman–Crippen LogP) is -0.110. The zero-order chi connectivity index (χ0) is 13.2. The molecule has 0 aromatic rings. The topological polar surface area (TPSA) is 67.6 Å². The SMILES string of the molecule is CNC(=O)C1COCCN1CC1(CC(N)=S)CC1. The number of rotatable bonds is 5. The Morgan fingerprint density at radius 2 is 2.33 bits per heavy atom. The summed E-state index contributed by atoms with van der Waals surface area (Å²) in [4.78, 5) is 14.6. The minimum absolute atomic E-state index is 0.0285. The second-order valence-electron chi connectivity index (χ2n) is 5.32. The van der Waals surface area contributed by atoms with E-state index >= 15 is 0 Å². The van der Waals surface area contributed by atoms with Crippen molar-refractivity contribution < 1.29 is 9.53 Å².